The minimum atomic E-state index is -2.61. The minimum Gasteiger partial charge on any atom is -0.480 e. The number of hydrogen-bond acceptors (Lipinski definition) is 9. The van der Waals surface area contributed by atoms with Crippen LogP contribution >= 0.6 is 12.4 Å². The molecule has 8 fully saturated rings. The molecule has 2 amide bonds. The topological polar surface area (TPSA) is 183 Å². The van der Waals surface area contributed by atoms with Gasteiger partial charge >= 0.3 is 5.97 Å². The number of amides is 2. The molecule has 12 rings (SSSR count). The Hall–Kier alpha value is -4.77. The summed E-state index contributed by atoms with van der Waals surface area (Å²) >= 11 is 0. The zero-order valence-corrected chi connectivity index (χ0v) is 35.2. The Bertz CT molecular complexity index is 2400. The van der Waals surface area contributed by atoms with Gasteiger partial charge in [-0.25, -0.2) is 32.3 Å². The van der Waals surface area contributed by atoms with Crippen molar-refractivity contribution in [2.45, 2.75) is 100 Å². The fourth-order valence-corrected chi connectivity index (χ4v) is 9.64. The summed E-state index contributed by atoms with van der Waals surface area (Å²) in [6, 6.07) is 19.3. The van der Waals surface area contributed by atoms with Gasteiger partial charge in [-0.05, 0) is 94.2 Å². The molecular formula is C45H50ClF4N5O7. The van der Waals surface area contributed by atoms with Crippen molar-refractivity contribution >= 4 is 57.8 Å². The lowest BCUT2D eigenvalue weighted by molar-refractivity contribution is -0.164. The number of halogens is 5. The molecule has 62 heavy (non-hydrogen) atoms. The van der Waals surface area contributed by atoms with Gasteiger partial charge in [0.15, 0.2) is 5.78 Å². The molecule has 4 aromatic rings. The number of carbonyl (C=O) groups excluding carboxylic acids is 3. The van der Waals surface area contributed by atoms with Crippen LogP contribution in [0.1, 0.15) is 89.9 Å². The summed E-state index contributed by atoms with van der Waals surface area (Å²) < 4.78 is 59.5. The van der Waals surface area contributed by atoms with Crippen LogP contribution in [0.5, 0.6) is 0 Å². The second-order valence-corrected chi connectivity index (χ2v) is 18.6. The number of nitrogens with zero attached hydrogens (tertiary/aromatic N) is 2. The quantitative estimate of drug-likeness (QED) is 0.0973. The first-order valence-corrected chi connectivity index (χ1v) is 20.5. The van der Waals surface area contributed by atoms with E-state index in [1.54, 1.807) is 12.1 Å². The minimum absolute atomic E-state index is 0. The highest BCUT2D eigenvalue weighted by Gasteiger charge is 2.69. The first kappa shape index (κ1) is 45.3. The largest absolute Gasteiger partial charge is 0.480 e. The number of alkyl halides is 4. The molecular weight excluding hydrogens is 834 g/mol. The van der Waals surface area contributed by atoms with Crippen molar-refractivity contribution in [1.29, 1.82) is 0 Å². The third-order valence-corrected chi connectivity index (χ3v) is 12.7. The van der Waals surface area contributed by atoms with Gasteiger partial charge in [0.2, 0.25) is 0 Å². The van der Waals surface area contributed by atoms with E-state index in [1.165, 1.54) is 5.56 Å². The van der Waals surface area contributed by atoms with Crippen molar-refractivity contribution in [1.82, 2.24) is 20.6 Å². The van der Waals surface area contributed by atoms with Crippen LogP contribution in [0.2, 0.25) is 0 Å². The maximum Gasteiger partial charge on any atom is 0.329 e. The molecule has 2 unspecified atom stereocenters. The van der Waals surface area contributed by atoms with Gasteiger partial charge < -0.3 is 30.9 Å². The number of nitrogens with two attached hydrogens (primary N) is 1. The molecule has 17 heteroatoms. The molecule has 332 valence electrons. The molecule has 4 bridgehead atoms. The number of carbonyl (C=O) groups is 4. The first-order valence-electron chi connectivity index (χ1n) is 20.5. The molecule has 0 saturated heterocycles. The summed E-state index contributed by atoms with van der Waals surface area (Å²) in [5.41, 5.74) is 10.5. The van der Waals surface area contributed by atoms with E-state index in [2.05, 4.69) is 31.4 Å². The summed E-state index contributed by atoms with van der Waals surface area (Å²) in [5.74, 6) is -8.17. The van der Waals surface area contributed by atoms with Crippen LogP contribution in [-0.2, 0) is 19.1 Å². The number of carboxylic acid groups (broad SMARTS) is 1. The van der Waals surface area contributed by atoms with Gasteiger partial charge in [0.25, 0.3) is 23.7 Å². The van der Waals surface area contributed by atoms with Crippen LogP contribution in [0.4, 0.5) is 17.6 Å². The van der Waals surface area contributed by atoms with E-state index in [1.807, 2.05) is 56.3 Å². The SMILES string of the molecule is Cc1ccc2nc(C(=O)NC34CC(CC(=O)COCC5CC5(F)F)(C3)C4)ccc2c1.Cc1ccc2nc(C(=O)NC34CC(N)(C3)C4)ccc2c1.Cl.O=C(O)COCC1CC1(F)F. The summed E-state index contributed by atoms with van der Waals surface area (Å²) in [5, 5.41) is 16.3. The number of aromatic nitrogens is 2. The summed E-state index contributed by atoms with van der Waals surface area (Å²) in [7, 11) is 0. The van der Waals surface area contributed by atoms with Gasteiger partial charge in [0.1, 0.15) is 24.6 Å². The molecule has 2 aromatic carbocycles. The smallest absolute Gasteiger partial charge is 0.329 e. The zero-order valence-electron chi connectivity index (χ0n) is 34.4. The van der Waals surface area contributed by atoms with Crippen molar-refractivity contribution in [3.8, 4) is 0 Å². The van der Waals surface area contributed by atoms with Gasteiger partial charge in [-0.3, -0.25) is 14.4 Å². The lowest BCUT2D eigenvalue weighted by atomic mass is 9.38. The van der Waals surface area contributed by atoms with Gasteiger partial charge in [-0.2, -0.15) is 0 Å². The second-order valence-electron chi connectivity index (χ2n) is 18.6. The normalized spacial score (nSPS) is 29.2. The first-order chi connectivity index (χ1) is 28.7. The molecule has 8 aliphatic rings. The number of Topliss-reactive ketones (excluding diaryl/α,β-unsaturated/α-hetero) is 1. The van der Waals surface area contributed by atoms with Crippen molar-refractivity contribution < 1.29 is 51.3 Å². The molecule has 2 aromatic heterocycles. The van der Waals surface area contributed by atoms with Gasteiger partial charge in [-0.15, -0.1) is 12.4 Å². The number of fused-ring (bicyclic) bond motifs is 2. The summed E-state index contributed by atoms with van der Waals surface area (Å²) in [6.45, 7) is 3.26. The molecule has 5 N–H and O–H groups in total. The molecule has 0 spiro atoms. The average molecular weight is 884 g/mol. The lowest BCUT2D eigenvalue weighted by Crippen LogP contribution is -2.82. The van der Waals surface area contributed by atoms with E-state index < -0.39 is 36.3 Å². The molecule has 8 saturated carbocycles. The molecule has 12 nitrogen and oxygen atoms in total. The van der Waals surface area contributed by atoms with Crippen molar-refractivity contribution in [2.24, 2.45) is 23.0 Å². The fraction of sp³-hybridized carbons (Fsp3) is 0.511. The number of pyridine rings is 2. The van der Waals surface area contributed by atoms with Gasteiger partial charge in [0.05, 0.1) is 36.1 Å². The van der Waals surface area contributed by atoms with Crippen LogP contribution in [0, 0.1) is 31.1 Å². The number of hydrogen-bond donors (Lipinski definition) is 4. The van der Waals surface area contributed by atoms with Crippen LogP contribution in [-0.4, -0.2) is 93.5 Å². The van der Waals surface area contributed by atoms with E-state index in [4.69, 9.17) is 15.6 Å². The zero-order chi connectivity index (χ0) is 43.6. The van der Waals surface area contributed by atoms with Crippen molar-refractivity contribution in [2.75, 3.05) is 26.4 Å². The van der Waals surface area contributed by atoms with Crippen LogP contribution < -0.4 is 16.4 Å². The summed E-state index contributed by atoms with van der Waals surface area (Å²) in [4.78, 5) is 55.8. The summed E-state index contributed by atoms with van der Waals surface area (Å²) in [6.07, 6.45) is 5.08. The second kappa shape index (κ2) is 16.4. The van der Waals surface area contributed by atoms with Crippen molar-refractivity contribution in [3.63, 3.8) is 0 Å². The highest BCUT2D eigenvalue weighted by atomic mass is 35.5. The Morgan fingerprint density at radius 3 is 1.52 bits per heavy atom. The van der Waals surface area contributed by atoms with Crippen LogP contribution in [0.25, 0.3) is 21.8 Å². The third kappa shape index (κ3) is 9.88. The number of carboxylic acids is 1. The molecule has 2 heterocycles. The van der Waals surface area contributed by atoms with Crippen LogP contribution in [0.3, 0.4) is 0 Å². The van der Waals surface area contributed by atoms with E-state index in [-0.39, 0.29) is 84.7 Å². The third-order valence-electron chi connectivity index (χ3n) is 12.7. The number of rotatable bonds is 14. The average Bonchev–Trinajstić information content (AvgIpc) is 3.98. The fourth-order valence-electron chi connectivity index (χ4n) is 9.64. The predicted octanol–water partition coefficient (Wildman–Crippen LogP) is 6.90. The Morgan fingerprint density at radius 2 is 1.11 bits per heavy atom. The van der Waals surface area contributed by atoms with E-state index in [9.17, 15) is 36.7 Å². The number of aryl methyl sites for hydroxylation is 2. The monoisotopic (exact) mass is 883 g/mol. The number of benzene rings is 2. The Labute approximate surface area is 361 Å². The van der Waals surface area contributed by atoms with Gasteiger partial charge in [0, 0.05) is 46.7 Å². The van der Waals surface area contributed by atoms with E-state index in [0.29, 0.717) is 17.8 Å². The standard InChI is InChI=1S/C23H24F2N2O3.C16H17N3O.C6H8F2O3.ClH/c1-14-2-4-18-15(6-14)3-5-19(26-18)20(29)27-22-11-21(12-22,13-22)8-17(28)10-30-9-16-7-23(16,24)25;1-10-2-4-12-11(6-10)3-5-13(18-12)14(20)19-16-7-15(17,8-16)9-16;7-6(8)1-4(6)2-11-3-5(9)10;/h2-6,16H,7-13H2,1H3,(H,27,29);2-6H,7-9,17H2,1H3,(H,19,20);4H,1-3H2,(H,9,10);1H. The van der Waals surface area contributed by atoms with Crippen molar-refractivity contribution in [3.05, 3.63) is 83.2 Å². The predicted molar refractivity (Wildman–Crippen MR) is 223 cm³/mol. The number of ether oxygens (including phenoxy) is 2. The number of aliphatic carboxylic acids is 1. The molecule has 0 aliphatic heterocycles. The van der Waals surface area contributed by atoms with E-state index >= 15 is 0 Å². The number of ketones is 1. The maximum absolute atomic E-state index is 12.8. The van der Waals surface area contributed by atoms with E-state index in [0.717, 1.165) is 65.9 Å². The maximum atomic E-state index is 12.8. The Morgan fingerprint density at radius 1 is 0.694 bits per heavy atom. The van der Waals surface area contributed by atoms with Gasteiger partial charge in [-0.1, -0.05) is 35.4 Å². The number of nitrogens with one attached hydrogen (secondary N) is 2. The highest BCUT2D eigenvalue weighted by Crippen LogP contribution is 2.69. The van der Waals surface area contributed by atoms with Crippen LogP contribution in [0.15, 0.2) is 60.7 Å². The molecule has 8 aliphatic carbocycles. The lowest BCUT2D eigenvalue weighted by Gasteiger charge is -2.70. The Kier molecular flexibility index (Phi) is 12.0. The Balaban J connectivity index is 0.000000155. The highest BCUT2D eigenvalue weighted by molar-refractivity contribution is 5.96. The molecule has 0 radical (unpaired) electrons. The molecule has 2 atom stereocenters.